The topological polar surface area (TPSA) is 0 Å². The first-order chi connectivity index (χ1) is 4.22. The van der Waals surface area contributed by atoms with Gasteiger partial charge in [-0.15, -0.1) is 11.6 Å². The molecule has 9 heavy (non-hydrogen) atoms. The highest BCUT2D eigenvalue weighted by Crippen LogP contribution is 2.14. The van der Waals surface area contributed by atoms with Gasteiger partial charge in [-0.3, -0.25) is 0 Å². The fraction of sp³-hybridized carbons (Fsp3) is 0.750. The Labute approximate surface area is 62.9 Å². The molecular formula is C8H15Cl. The van der Waals surface area contributed by atoms with Crippen molar-refractivity contribution in [1.82, 2.24) is 0 Å². The molecule has 0 N–H and O–H groups in total. The molecular weight excluding hydrogens is 132 g/mol. The van der Waals surface area contributed by atoms with E-state index in [9.17, 15) is 0 Å². The lowest BCUT2D eigenvalue weighted by molar-refractivity contribution is 0.793. The molecule has 1 atom stereocenters. The van der Waals surface area contributed by atoms with Crippen molar-refractivity contribution in [1.29, 1.82) is 0 Å². The summed E-state index contributed by atoms with van der Waals surface area (Å²) in [6.45, 7) is 6.26. The zero-order valence-corrected chi connectivity index (χ0v) is 7.20. The van der Waals surface area contributed by atoms with Gasteiger partial charge in [-0.2, -0.15) is 0 Å². The van der Waals surface area contributed by atoms with Crippen LogP contribution in [0.1, 0.15) is 33.6 Å². The van der Waals surface area contributed by atoms with Gasteiger partial charge in [-0.25, -0.2) is 0 Å². The fourth-order valence-electron chi connectivity index (χ4n) is 0.662. The van der Waals surface area contributed by atoms with Crippen molar-refractivity contribution in [2.24, 2.45) is 0 Å². The predicted molar refractivity (Wildman–Crippen MR) is 44.0 cm³/mol. The summed E-state index contributed by atoms with van der Waals surface area (Å²) in [4.78, 5) is 0. The zero-order chi connectivity index (χ0) is 7.28. The summed E-state index contributed by atoms with van der Waals surface area (Å²) in [6.07, 6.45) is 4.34. The van der Waals surface area contributed by atoms with Gasteiger partial charge in [-0.1, -0.05) is 25.0 Å². The number of halogens is 1. The quantitative estimate of drug-likeness (QED) is 0.423. The highest BCUT2D eigenvalue weighted by Gasteiger charge is 2.02. The monoisotopic (exact) mass is 146 g/mol. The second-order valence-corrected chi connectivity index (χ2v) is 2.82. The smallest absolute Gasteiger partial charge is 0.0542 e. The molecule has 0 aliphatic heterocycles. The zero-order valence-electron chi connectivity index (χ0n) is 6.45. The maximum absolute atomic E-state index is 5.96. The van der Waals surface area contributed by atoms with Crippen LogP contribution in [0.3, 0.4) is 0 Å². The molecule has 0 rings (SSSR count). The molecule has 0 amide bonds. The number of hydrogen-bond acceptors (Lipinski definition) is 0. The predicted octanol–water partition coefficient (Wildman–Crippen LogP) is 3.36. The minimum absolute atomic E-state index is 0.264. The van der Waals surface area contributed by atoms with E-state index in [-0.39, 0.29) is 5.38 Å². The third-order valence-corrected chi connectivity index (χ3v) is 2.05. The van der Waals surface area contributed by atoms with Gasteiger partial charge in [0.15, 0.2) is 0 Å². The van der Waals surface area contributed by atoms with Gasteiger partial charge in [0.05, 0.1) is 5.38 Å². The van der Waals surface area contributed by atoms with Crippen LogP contribution in [0.5, 0.6) is 0 Å². The van der Waals surface area contributed by atoms with E-state index in [1.54, 1.807) is 0 Å². The Kier molecular flexibility index (Phi) is 4.88. The molecule has 1 unspecified atom stereocenters. The molecule has 0 radical (unpaired) electrons. The molecule has 0 spiro atoms. The molecule has 0 aliphatic carbocycles. The van der Waals surface area contributed by atoms with Crippen LogP contribution in [0.15, 0.2) is 11.6 Å². The average molecular weight is 147 g/mol. The number of rotatable bonds is 3. The van der Waals surface area contributed by atoms with Crippen molar-refractivity contribution >= 4 is 11.6 Å². The van der Waals surface area contributed by atoms with Gasteiger partial charge in [0, 0.05) is 0 Å². The standard InChI is InChI=1S/C8H15Cl/c1-4-6-8(9)7(3)5-2/h5,8H,4,6H2,1-3H3/b7-5+. The second-order valence-electron chi connectivity index (χ2n) is 2.29. The molecule has 0 saturated heterocycles. The minimum Gasteiger partial charge on any atom is -0.118 e. The van der Waals surface area contributed by atoms with Crippen molar-refractivity contribution in [2.75, 3.05) is 0 Å². The van der Waals surface area contributed by atoms with Gasteiger partial charge in [0.2, 0.25) is 0 Å². The maximum atomic E-state index is 5.96. The van der Waals surface area contributed by atoms with Crippen LogP contribution in [-0.2, 0) is 0 Å². The molecule has 54 valence electrons. The highest BCUT2D eigenvalue weighted by atomic mass is 35.5. The second kappa shape index (κ2) is 4.87. The molecule has 0 aromatic heterocycles. The Morgan fingerprint density at radius 2 is 2.22 bits per heavy atom. The Morgan fingerprint density at radius 1 is 1.67 bits per heavy atom. The summed E-state index contributed by atoms with van der Waals surface area (Å²) in [7, 11) is 0. The van der Waals surface area contributed by atoms with Gasteiger partial charge in [-0.05, 0) is 20.3 Å². The SMILES string of the molecule is C/C=C(\C)C(Cl)CCC. The van der Waals surface area contributed by atoms with E-state index in [0.29, 0.717) is 0 Å². The van der Waals surface area contributed by atoms with Crippen LogP contribution in [0.25, 0.3) is 0 Å². The number of hydrogen-bond donors (Lipinski definition) is 0. The lowest BCUT2D eigenvalue weighted by atomic mass is 10.1. The minimum atomic E-state index is 0.264. The van der Waals surface area contributed by atoms with Gasteiger partial charge >= 0.3 is 0 Å². The lowest BCUT2D eigenvalue weighted by Gasteiger charge is -2.06. The Morgan fingerprint density at radius 3 is 2.56 bits per heavy atom. The largest absolute Gasteiger partial charge is 0.118 e. The highest BCUT2D eigenvalue weighted by molar-refractivity contribution is 6.22. The summed E-state index contributed by atoms with van der Waals surface area (Å²) < 4.78 is 0. The fourth-order valence-corrected chi connectivity index (χ4v) is 1.01. The Bertz CT molecular complexity index is 94.7. The van der Waals surface area contributed by atoms with E-state index in [2.05, 4.69) is 19.9 Å². The lowest BCUT2D eigenvalue weighted by Crippen LogP contribution is -1.98. The molecule has 0 bridgehead atoms. The van der Waals surface area contributed by atoms with E-state index >= 15 is 0 Å². The molecule has 1 heteroatoms. The van der Waals surface area contributed by atoms with Gasteiger partial charge < -0.3 is 0 Å². The van der Waals surface area contributed by atoms with E-state index in [0.717, 1.165) is 6.42 Å². The summed E-state index contributed by atoms with van der Waals surface area (Å²) in [6, 6.07) is 0. The van der Waals surface area contributed by atoms with Crippen LogP contribution in [0.4, 0.5) is 0 Å². The van der Waals surface area contributed by atoms with Crippen LogP contribution >= 0.6 is 11.6 Å². The molecule has 0 nitrogen and oxygen atoms in total. The van der Waals surface area contributed by atoms with Crippen molar-refractivity contribution in [3.63, 3.8) is 0 Å². The number of allylic oxidation sites excluding steroid dienone is 2. The summed E-state index contributed by atoms with van der Waals surface area (Å²) in [5.41, 5.74) is 1.29. The van der Waals surface area contributed by atoms with Crippen molar-refractivity contribution in [3.05, 3.63) is 11.6 Å². The Balaban J connectivity index is 3.59. The van der Waals surface area contributed by atoms with E-state index in [4.69, 9.17) is 11.6 Å². The van der Waals surface area contributed by atoms with Crippen molar-refractivity contribution < 1.29 is 0 Å². The van der Waals surface area contributed by atoms with Crippen molar-refractivity contribution in [3.8, 4) is 0 Å². The Hall–Kier alpha value is 0.0300. The first-order valence-corrected chi connectivity index (χ1v) is 3.92. The van der Waals surface area contributed by atoms with E-state index < -0.39 is 0 Å². The van der Waals surface area contributed by atoms with Crippen LogP contribution < -0.4 is 0 Å². The first kappa shape index (κ1) is 9.03. The molecule has 0 heterocycles. The first-order valence-electron chi connectivity index (χ1n) is 3.49. The average Bonchev–Trinajstić information content (AvgIpc) is 1.87. The molecule has 0 aliphatic rings. The van der Waals surface area contributed by atoms with Gasteiger partial charge in [0.1, 0.15) is 0 Å². The van der Waals surface area contributed by atoms with E-state index in [1.165, 1.54) is 12.0 Å². The molecule has 0 aromatic rings. The maximum Gasteiger partial charge on any atom is 0.0542 e. The van der Waals surface area contributed by atoms with Gasteiger partial charge in [0.25, 0.3) is 0 Å². The van der Waals surface area contributed by atoms with Crippen LogP contribution in [0.2, 0.25) is 0 Å². The molecule has 0 fully saturated rings. The summed E-state index contributed by atoms with van der Waals surface area (Å²) in [5, 5.41) is 0.264. The summed E-state index contributed by atoms with van der Waals surface area (Å²) >= 11 is 5.96. The third-order valence-electron chi connectivity index (χ3n) is 1.49. The van der Waals surface area contributed by atoms with Crippen LogP contribution in [-0.4, -0.2) is 5.38 Å². The summed E-state index contributed by atoms with van der Waals surface area (Å²) in [5.74, 6) is 0. The normalized spacial score (nSPS) is 15.8. The third kappa shape index (κ3) is 3.58. The van der Waals surface area contributed by atoms with Crippen molar-refractivity contribution in [2.45, 2.75) is 39.0 Å². The molecule has 0 aromatic carbocycles. The molecule has 0 saturated carbocycles. The number of alkyl halides is 1. The van der Waals surface area contributed by atoms with E-state index in [1.807, 2.05) is 6.92 Å². The van der Waals surface area contributed by atoms with Crippen LogP contribution in [0, 0.1) is 0 Å².